The van der Waals surface area contributed by atoms with Crippen molar-refractivity contribution >= 4 is 18.4 Å². The molecule has 9 heteroatoms. The Morgan fingerprint density at radius 2 is 1.83 bits per heavy atom. The van der Waals surface area contributed by atoms with E-state index in [1.807, 2.05) is 0 Å². The Morgan fingerprint density at radius 3 is 2.35 bits per heavy atom. The van der Waals surface area contributed by atoms with Crippen molar-refractivity contribution in [3.8, 4) is 17.2 Å². The van der Waals surface area contributed by atoms with Gasteiger partial charge in [-0.15, -0.1) is 0 Å². The lowest BCUT2D eigenvalue weighted by Crippen LogP contribution is -2.22. The summed E-state index contributed by atoms with van der Waals surface area (Å²) in [5.41, 5.74) is 0.522. The van der Waals surface area contributed by atoms with Crippen LogP contribution in [0.1, 0.15) is 11.3 Å². The molecule has 0 spiro atoms. The number of hydrogen-bond donors (Lipinski definition) is 1. The highest BCUT2D eigenvalue weighted by atomic mass is 32.1. The second kappa shape index (κ2) is 7.05. The number of nitrogens with zero attached hydrogens (tertiary/aromatic N) is 3. The Labute approximate surface area is 137 Å². The molecule has 0 aliphatic heterocycles. The zero-order valence-corrected chi connectivity index (χ0v) is 13.9. The molecule has 0 aliphatic rings. The number of ether oxygens (including phenoxy) is 3. The van der Waals surface area contributed by atoms with Crippen LogP contribution in [-0.2, 0) is 0 Å². The van der Waals surface area contributed by atoms with Crippen LogP contribution < -0.4 is 19.8 Å². The molecule has 1 aromatic heterocycles. The topological polar surface area (TPSA) is 90.7 Å². The summed E-state index contributed by atoms with van der Waals surface area (Å²) in [4.78, 5) is 12.0. The Bertz CT molecular complexity index is 832. The number of aromatic amines is 1. The number of H-pyrrole nitrogens is 1. The summed E-state index contributed by atoms with van der Waals surface area (Å²) in [6.07, 6.45) is 1.47. The maximum absolute atomic E-state index is 12.0. The molecular weight excluding hydrogens is 320 g/mol. The van der Waals surface area contributed by atoms with Gasteiger partial charge in [-0.2, -0.15) is 14.9 Å². The van der Waals surface area contributed by atoms with Crippen LogP contribution in [0, 0.1) is 11.7 Å². The third-order valence-corrected chi connectivity index (χ3v) is 3.29. The smallest absolute Gasteiger partial charge is 0.296 e. The molecule has 2 rings (SSSR count). The summed E-state index contributed by atoms with van der Waals surface area (Å²) in [6.45, 7) is 1.57. The zero-order chi connectivity index (χ0) is 17.0. The predicted octanol–water partition coefficient (Wildman–Crippen LogP) is 1.52. The Morgan fingerprint density at radius 1 is 1.22 bits per heavy atom. The van der Waals surface area contributed by atoms with Gasteiger partial charge in [0.25, 0.3) is 5.56 Å². The minimum absolute atomic E-state index is 0.101. The lowest BCUT2D eigenvalue weighted by Gasteiger charge is -2.12. The molecule has 0 amide bonds. The minimum Gasteiger partial charge on any atom is -0.493 e. The molecular formula is C14H16N4O4S. The normalized spacial score (nSPS) is 10.8. The second-order valence-electron chi connectivity index (χ2n) is 4.43. The van der Waals surface area contributed by atoms with Gasteiger partial charge in [-0.1, -0.05) is 0 Å². The van der Waals surface area contributed by atoms with Crippen molar-refractivity contribution < 1.29 is 14.2 Å². The first-order chi connectivity index (χ1) is 11.0. The van der Waals surface area contributed by atoms with Crippen LogP contribution in [0.5, 0.6) is 17.2 Å². The monoisotopic (exact) mass is 336 g/mol. The highest BCUT2D eigenvalue weighted by Crippen LogP contribution is 2.37. The van der Waals surface area contributed by atoms with E-state index in [0.717, 1.165) is 4.68 Å². The molecule has 0 unspecified atom stereocenters. The first kappa shape index (κ1) is 16.7. The molecule has 0 aliphatic carbocycles. The van der Waals surface area contributed by atoms with Gasteiger partial charge in [0.1, 0.15) is 5.69 Å². The Balaban J connectivity index is 2.51. The highest BCUT2D eigenvalue weighted by Gasteiger charge is 2.12. The summed E-state index contributed by atoms with van der Waals surface area (Å²) >= 11 is 5.01. The molecule has 1 N–H and O–H groups in total. The van der Waals surface area contributed by atoms with Crippen LogP contribution in [0.2, 0.25) is 0 Å². The first-order valence-corrected chi connectivity index (χ1v) is 6.95. The number of aryl methyl sites for hydroxylation is 1. The summed E-state index contributed by atoms with van der Waals surface area (Å²) in [5, 5.41) is 10.4. The molecule has 23 heavy (non-hydrogen) atoms. The fraction of sp³-hybridized carbons (Fsp3) is 0.286. The summed E-state index contributed by atoms with van der Waals surface area (Å²) in [5.74, 6) is 1.44. The lowest BCUT2D eigenvalue weighted by atomic mass is 10.2. The maximum Gasteiger partial charge on any atom is 0.296 e. The van der Waals surface area contributed by atoms with Crippen molar-refractivity contribution in [2.75, 3.05) is 21.3 Å². The number of benzene rings is 1. The molecule has 122 valence electrons. The number of hydrogen-bond acceptors (Lipinski definition) is 7. The fourth-order valence-electron chi connectivity index (χ4n) is 1.88. The van der Waals surface area contributed by atoms with E-state index in [-0.39, 0.29) is 10.5 Å². The van der Waals surface area contributed by atoms with Crippen molar-refractivity contribution in [1.82, 2.24) is 14.9 Å². The van der Waals surface area contributed by atoms with Gasteiger partial charge in [0.15, 0.2) is 11.5 Å². The molecule has 0 radical (unpaired) electrons. The van der Waals surface area contributed by atoms with Crippen LogP contribution in [0.3, 0.4) is 0 Å². The molecule has 8 nitrogen and oxygen atoms in total. The Hall–Kier alpha value is -2.68. The van der Waals surface area contributed by atoms with Gasteiger partial charge in [0.2, 0.25) is 10.5 Å². The van der Waals surface area contributed by atoms with E-state index in [1.54, 1.807) is 19.1 Å². The molecule has 0 bridgehead atoms. The molecule has 1 heterocycles. The second-order valence-corrected chi connectivity index (χ2v) is 4.82. The van der Waals surface area contributed by atoms with Gasteiger partial charge < -0.3 is 14.2 Å². The molecule has 0 atom stereocenters. The van der Waals surface area contributed by atoms with E-state index in [4.69, 9.17) is 26.4 Å². The summed E-state index contributed by atoms with van der Waals surface area (Å²) < 4.78 is 16.9. The predicted molar refractivity (Wildman–Crippen MR) is 87.5 cm³/mol. The molecule has 2 aromatic rings. The van der Waals surface area contributed by atoms with E-state index in [0.29, 0.717) is 22.8 Å². The SMILES string of the molecule is COc1cc(/C=N\n2c(=S)[nH]nc(C)c2=O)cc(OC)c1OC. The van der Waals surface area contributed by atoms with Gasteiger partial charge in [0, 0.05) is 5.56 Å². The van der Waals surface area contributed by atoms with E-state index >= 15 is 0 Å². The fourth-order valence-corrected chi connectivity index (χ4v) is 2.05. The van der Waals surface area contributed by atoms with E-state index in [9.17, 15) is 4.79 Å². The quantitative estimate of drug-likeness (QED) is 0.657. The molecule has 0 saturated carbocycles. The van der Waals surface area contributed by atoms with Crippen LogP contribution in [0.25, 0.3) is 0 Å². The van der Waals surface area contributed by atoms with Crippen LogP contribution in [0.4, 0.5) is 0 Å². The first-order valence-electron chi connectivity index (χ1n) is 6.54. The number of rotatable bonds is 5. The van der Waals surface area contributed by atoms with Crippen LogP contribution in [-0.4, -0.2) is 42.4 Å². The number of nitrogens with one attached hydrogen (secondary N) is 1. The van der Waals surface area contributed by atoms with Crippen molar-refractivity contribution in [3.05, 3.63) is 38.5 Å². The van der Waals surface area contributed by atoms with Crippen molar-refractivity contribution in [2.24, 2.45) is 5.10 Å². The van der Waals surface area contributed by atoms with Crippen molar-refractivity contribution in [3.63, 3.8) is 0 Å². The Kier molecular flexibility index (Phi) is 5.12. The largest absolute Gasteiger partial charge is 0.493 e. The number of aromatic nitrogens is 3. The van der Waals surface area contributed by atoms with Crippen molar-refractivity contribution in [2.45, 2.75) is 6.92 Å². The van der Waals surface area contributed by atoms with Gasteiger partial charge in [-0.3, -0.25) is 9.89 Å². The lowest BCUT2D eigenvalue weighted by molar-refractivity contribution is 0.324. The van der Waals surface area contributed by atoms with Crippen LogP contribution >= 0.6 is 12.2 Å². The minimum atomic E-state index is -0.391. The highest BCUT2D eigenvalue weighted by molar-refractivity contribution is 7.71. The van der Waals surface area contributed by atoms with Gasteiger partial charge in [-0.05, 0) is 31.3 Å². The van der Waals surface area contributed by atoms with Gasteiger partial charge >= 0.3 is 0 Å². The summed E-state index contributed by atoms with van der Waals surface area (Å²) in [7, 11) is 4.56. The molecule has 1 aromatic carbocycles. The zero-order valence-electron chi connectivity index (χ0n) is 13.1. The average Bonchev–Trinajstić information content (AvgIpc) is 2.57. The number of methoxy groups -OCH3 is 3. The standard InChI is InChI=1S/C14H16N4O4S/c1-8-13(19)18(14(23)17-16-8)15-7-9-5-10(20-2)12(22-4)11(6-9)21-3/h5-7H,1-4H3,(H,17,23)/b15-7-. The van der Waals surface area contributed by atoms with Crippen LogP contribution in [0.15, 0.2) is 22.0 Å². The van der Waals surface area contributed by atoms with E-state index < -0.39 is 5.56 Å². The van der Waals surface area contributed by atoms with E-state index in [2.05, 4.69) is 15.3 Å². The van der Waals surface area contributed by atoms with Gasteiger partial charge in [0.05, 0.1) is 27.5 Å². The third-order valence-electron chi connectivity index (χ3n) is 3.02. The molecule has 0 saturated heterocycles. The summed E-state index contributed by atoms with van der Waals surface area (Å²) in [6, 6.07) is 3.41. The average molecular weight is 336 g/mol. The third kappa shape index (κ3) is 3.39. The van der Waals surface area contributed by atoms with Gasteiger partial charge in [-0.25, -0.2) is 0 Å². The van der Waals surface area contributed by atoms with E-state index in [1.165, 1.54) is 27.5 Å². The van der Waals surface area contributed by atoms with Crippen molar-refractivity contribution in [1.29, 1.82) is 0 Å². The maximum atomic E-state index is 12.0. The molecule has 0 fully saturated rings.